The molecule has 0 radical (unpaired) electrons. The first-order chi connectivity index (χ1) is 9.28. The highest BCUT2D eigenvalue weighted by Gasteiger charge is 2.27. The Morgan fingerprint density at radius 3 is 2.10 bits per heavy atom. The summed E-state index contributed by atoms with van der Waals surface area (Å²) in [4.78, 5) is 25.2. The highest BCUT2D eigenvalue weighted by molar-refractivity contribution is 6.12. The lowest BCUT2D eigenvalue weighted by molar-refractivity contribution is -0.118. The Balaban J connectivity index is 3.05. The molecule has 0 aromatic heterocycles. The van der Waals surface area contributed by atoms with E-state index in [9.17, 15) is 9.59 Å². The fourth-order valence-electron chi connectivity index (χ4n) is 1.55. The lowest BCUT2D eigenvalue weighted by atomic mass is 10.2. The zero-order valence-electron chi connectivity index (χ0n) is 12.6. The third-order valence-corrected chi connectivity index (χ3v) is 2.46. The summed E-state index contributed by atoms with van der Waals surface area (Å²) in [5, 5.41) is 0. The fraction of sp³-hybridized carbons (Fsp3) is 0.467. The lowest BCUT2D eigenvalue weighted by Gasteiger charge is -2.26. The van der Waals surface area contributed by atoms with E-state index in [0.717, 1.165) is 4.90 Å². The number of carbonyl (C=O) groups excluding carboxylic acids is 2. The van der Waals surface area contributed by atoms with Gasteiger partial charge in [0.15, 0.2) is 0 Å². The maximum Gasteiger partial charge on any atom is 0.421 e. The summed E-state index contributed by atoms with van der Waals surface area (Å²) in [6, 6.07) is 6.68. The third-order valence-electron chi connectivity index (χ3n) is 2.46. The van der Waals surface area contributed by atoms with Crippen LogP contribution in [0.25, 0.3) is 0 Å². The normalized spacial score (nSPS) is 10.8. The first kappa shape index (κ1) is 16.0. The van der Waals surface area contributed by atoms with Crippen LogP contribution in [0.4, 0.5) is 10.5 Å². The van der Waals surface area contributed by atoms with Crippen LogP contribution >= 0.6 is 0 Å². The Morgan fingerprint density at radius 1 is 1.15 bits per heavy atom. The summed E-state index contributed by atoms with van der Waals surface area (Å²) in [7, 11) is 1.55. The van der Waals surface area contributed by atoms with Crippen molar-refractivity contribution < 1.29 is 19.1 Å². The molecule has 1 aromatic carbocycles. The van der Waals surface area contributed by atoms with Crippen molar-refractivity contribution in [3.8, 4) is 5.75 Å². The maximum atomic E-state index is 12.2. The zero-order chi connectivity index (χ0) is 15.3. The molecular weight excluding hydrogens is 258 g/mol. The number of ether oxygens (including phenoxy) is 2. The predicted molar refractivity (Wildman–Crippen MR) is 77.0 cm³/mol. The molecule has 0 unspecified atom stereocenters. The van der Waals surface area contributed by atoms with E-state index < -0.39 is 11.7 Å². The van der Waals surface area contributed by atoms with Gasteiger partial charge >= 0.3 is 6.09 Å². The third kappa shape index (κ3) is 4.26. The Kier molecular flexibility index (Phi) is 5.13. The number of benzene rings is 1. The molecule has 110 valence electrons. The molecule has 5 heteroatoms. The van der Waals surface area contributed by atoms with Crippen LogP contribution in [0.15, 0.2) is 24.3 Å². The molecule has 0 spiro atoms. The van der Waals surface area contributed by atoms with Gasteiger partial charge in [-0.2, -0.15) is 0 Å². The number of nitrogens with zero attached hydrogens (tertiary/aromatic N) is 1. The predicted octanol–water partition coefficient (Wildman–Crippen LogP) is 3.37. The lowest BCUT2D eigenvalue weighted by Crippen LogP contribution is -2.40. The number of hydrogen-bond donors (Lipinski definition) is 0. The van der Waals surface area contributed by atoms with E-state index in [2.05, 4.69) is 0 Å². The first-order valence-corrected chi connectivity index (χ1v) is 6.48. The molecule has 0 fully saturated rings. The van der Waals surface area contributed by atoms with Gasteiger partial charge in [-0.15, -0.1) is 0 Å². The molecule has 0 saturated heterocycles. The van der Waals surface area contributed by atoms with Gasteiger partial charge in [0, 0.05) is 6.42 Å². The molecule has 0 atom stereocenters. The van der Waals surface area contributed by atoms with Crippen molar-refractivity contribution in [1.29, 1.82) is 0 Å². The quantitative estimate of drug-likeness (QED) is 0.851. The number of amides is 2. The molecule has 0 heterocycles. The van der Waals surface area contributed by atoms with Crippen LogP contribution in [0.3, 0.4) is 0 Å². The van der Waals surface area contributed by atoms with Crippen molar-refractivity contribution in [2.45, 2.75) is 39.7 Å². The minimum absolute atomic E-state index is 0.214. The summed E-state index contributed by atoms with van der Waals surface area (Å²) >= 11 is 0. The van der Waals surface area contributed by atoms with Crippen LogP contribution in [-0.2, 0) is 9.53 Å². The summed E-state index contributed by atoms with van der Waals surface area (Å²) < 4.78 is 10.3. The Labute approximate surface area is 119 Å². The largest absolute Gasteiger partial charge is 0.497 e. The van der Waals surface area contributed by atoms with Gasteiger partial charge in [0.1, 0.15) is 11.4 Å². The topological polar surface area (TPSA) is 55.8 Å². The summed E-state index contributed by atoms with van der Waals surface area (Å²) in [6.45, 7) is 6.97. The maximum absolute atomic E-state index is 12.2. The van der Waals surface area contributed by atoms with Gasteiger partial charge in [-0.05, 0) is 45.0 Å². The summed E-state index contributed by atoms with van der Waals surface area (Å²) in [6.07, 6.45) is -0.458. The molecule has 1 aromatic rings. The molecule has 0 bridgehead atoms. The van der Waals surface area contributed by atoms with E-state index in [4.69, 9.17) is 9.47 Å². The molecule has 1 rings (SSSR count). The highest BCUT2D eigenvalue weighted by Crippen LogP contribution is 2.22. The van der Waals surface area contributed by atoms with Crippen molar-refractivity contribution in [3.63, 3.8) is 0 Å². The highest BCUT2D eigenvalue weighted by atomic mass is 16.6. The minimum atomic E-state index is -0.672. The van der Waals surface area contributed by atoms with Crippen LogP contribution in [0.5, 0.6) is 5.75 Å². The van der Waals surface area contributed by atoms with Gasteiger partial charge in [-0.1, -0.05) is 6.92 Å². The summed E-state index contributed by atoms with van der Waals surface area (Å²) in [5.41, 5.74) is -0.192. The Morgan fingerprint density at radius 2 is 1.70 bits per heavy atom. The van der Waals surface area contributed by atoms with Gasteiger partial charge in [0.25, 0.3) is 0 Å². The van der Waals surface area contributed by atoms with Crippen molar-refractivity contribution >= 4 is 17.7 Å². The molecular formula is C15H21NO4. The second-order valence-electron chi connectivity index (χ2n) is 5.26. The number of anilines is 1. The molecule has 0 aliphatic heterocycles. The number of methoxy groups -OCH3 is 1. The average Bonchev–Trinajstić information content (AvgIpc) is 2.37. The van der Waals surface area contributed by atoms with E-state index >= 15 is 0 Å². The zero-order valence-corrected chi connectivity index (χ0v) is 12.6. The van der Waals surface area contributed by atoms with Gasteiger partial charge in [-0.25, -0.2) is 9.69 Å². The minimum Gasteiger partial charge on any atom is -0.497 e. The Bertz CT molecular complexity index is 474. The molecule has 0 aliphatic carbocycles. The smallest absolute Gasteiger partial charge is 0.421 e. The van der Waals surface area contributed by atoms with Crippen LogP contribution < -0.4 is 9.64 Å². The fourth-order valence-corrected chi connectivity index (χ4v) is 1.55. The van der Waals surface area contributed by atoms with Crippen molar-refractivity contribution in [3.05, 3.63) is 24.3 Å². The van der Waals surface area contributed by atoms with Crippen molar-refractivity contribution in [1.82, 2.24) is 0 Å². The van der Waals surface area contributed by atoms with E-state index in [1.807, 2.05) is 0 Å². The van der Waals surface area contributed by atoms with E-state index in [0.29, 0.717) is 11.4 Å². The molecule has 2 amide bonds. The second kappa shape index (κ2) is 6.41. The molecule has 0 saturated carbocycles. The summed E-state index contributed by atoms with van der Waals surface area (Å²) in [5.74, 6) is 0.339. The molecule has 20 heavy (non-hydrogen) atoms. The van der Waals surface area contributed by atoms with Gasteiger partial charge in [0.05, 0.1) is 12.8 Å². The Hall–Kier alpha value is -2.04. The number of imide groups is 1. The van der Waals surface area contributed by atoms with Crippen molar-refractivity contribution in [2.24, 2.45) is 0 Å². The van der Waals surface area contributed by atoms with Crippen LogP contribution in [-0.4, -0.2) is 24.7 Å². The van der Waals surface area contributed by atoms with E-state index in [1.165, 1.54) is 0 Å². The first-order valence-electron chi connectivity index (χ1n) is 6.48. The van der Waals surface area contributed by atoms with E-state index in [-0.39, 0.29) is 12.3 Å². The SMILES string of the molecule is CCC(=O)N(C(=O)OC(C)(C)C)c1ccc(OC)cc1. The number of rotatable bonds is 3. The van der Waals surface area contributed by atoms with Gasteiger partial charge < -0.3 is 9.47 Å². The van der Waals surface area contributed by atoms with Gasteiger partial charge in [0.2, 0.25) is 5.91 Å². The average molecular weight is 279 g/mol. The van der Waals surface area contributed by atoms with E-state index in [1.54, 1.807) is 59.1 Å². The van der Waals surface area contributed by atoms with Crippen LogP contribution in [0, 0.1) is 0 Å². The van der Waals surface area contributed by atoms with Crippen molar-refractivity contribution in [2.75, 3.05) is 12.0 Å². The van der Waals surface area contributed by atoms with Crippen LogP contribution in [0.2, 0.25) is 0 Å². The number of carbonyl (C=O) groups is 2. The van der Waals surface area contributed by atoms with Crippen LogP contribution in [0.1, 0.15) is 34.1 Å². The van der Waals surface area contributed by atoms with Gasteiger partial charge in [-0.3, -0.25) is 4.79 Å². The number of hydrogen-bond acceptors (Lipinski definition) is 4. The molecule has 5 nitrogen and oxygen atoms in total. The molecule has 0 N–H and O–H groups in total. The second-order valence-corrected chi connectivity index (χ2v) is 5.26. The standard InChI is InChI=1S/C15H21NO4/c1-6-13(17)16(14(18)20-15(2,3)4)11-7-9-12(19-5)10-8-11/h7-10H,6H2,1-5H3. The molecule has 0 aliphatic rings. The monoisotopic (exact) mass is 279 g/mol.